The lowest BCUT2D eigenvalue weighted by Gasteiger charge is -2.16. The molecule has 0 bridgehead atoms. The second-order valence-electron chi connectivity index (χ2n) is 5.19. The zero-order valence-electron chi connectivity index (χ0n) is 11.8. The zero-order valence-corrected chi connectivity index (χ0v) is 12.6. The van der Waals surface area contributed by atoms with Crippen LogP contribution in [-0.4, -0.2) is 18.3 Å². The number of aliphatic hydroxyl groups is 1. The SMILES string of the molecule is Cc1ccc(C(O)c2cc(Cl)c3c(c2)OCCCO3)cc1. The molecule has 0 saturated heterocycles. The van der Waals surface area contributed by atoms with Crippen LogP contribution >= 0.6 is 11.6 Å². The molecule has 2 aromatic carbocycles. The summed E-state index contributed by atoms with van der Waals surface area (Å²) in [7, 11) is 0. The van der Waals surface area contributed by atoms with Crippen LogP contribution in [0.2, 0.25) is 5.02 Å². The van der Waals surface area contributed by atoms with E-state index in [0.717, 1.165) is 17.5 Å². The Balaban J connectivity index is 1.97. The highest BCUT2D eigenvalue weighted by molar-refractivity contribution is 6.32. The first-order valence-corrected chi connectivity index (χ1v) is 7.36. The molecule has 1 unspecified atom stereocenters. The van der Waals surface area contributed by atoms with Crippen LogP contribution in [0.3, 0.4) is 0 Å². The fourth-order valence-corrected chi connectivity index (χ4v) is 2.62. The first kappa shape index (κ1) is 14.2. The van der Waals surface area contributed by atoms with Crippen LogP contribution in [0.5, 0.6) is 11.5 Å². The first-order chi connectivity index (χ1) is 10.1. The van der Waals surface area contributed by atoms with E-state index < -0.39 is 6.10 Å². The van der Waals surface area contributed by atoms with E-state index in [0.29, 0.717) is 35.3 Å². The molecule has 21 heavy (non-hydrogen) atoms. The molecule has 1 heterocycles. The lowest BCUT2D eigenvalue weighted by molar-refractivity contribution is 0.219. The van der Waals surface area contributed by atoms with Crippen molar-refractivity contribution in [2.45, 2.75) is 19.4 Å². The van der Waals surface area contributed by atoms with Gasteiger partial charge in [0.1, 0.15) is 6.10 Å². The Morgan fingerprint density at radius 2 is 1.76 bits per heavy atom. The monoisotopic (exact) mass is 304 g/mol. The van der Waals surface area contributed by atoms with Crippen molar-refractivity contribution in [3.8, 4) is 11.5 Å². The van der Waals surface area contributed by atoms with Gasteiger partial charge in [-0.2, -0.15) is 0 Å². The molecule has 1 N–H and O–H groups in total. The Kier molecular flexibility index (Phi) is 4.04. The van der Waals surface area contributed by atoms with E-state index in [1.807, 2.05) is 31.2 Å². The maximum atomic E-state index is 10.5. The first-order valence-electron chi connectivity index (χ1n) is 6.99. The number of halogens is 1. The predicted molar refractivity (Wildman–Crippen MR) is 82.3 cm³/mol. The van der Waals surface area contributed by atoms with Gasteiger partial charge < -0.3 is 14.6 Å². The van der Waals surface area contributed by atoms with Gasteiger partial charge in [-0.15, -0.1) is 0 Å². The molecule has 110 valence electrons. The molecule has 3 rings (SSSR count). The Morgan fingerprint density at radius 1 is 1.05 bits per heavy atom. The van der Waals surface area contributed by atoms with Crippen LogP contribution in [0.4, 0.5) is 0 Å². The van der Waals surface area contributed by atoms with Gasteiger partial charge in [0.2, 0.25) is 0 Å². The van der Waals surface area contributed by atoms with Gasteiger partial charge in [-0.1, -0.05) is 41.4 Å². The van der Waals surface area contributed by atoms with Crippen LogP contribution < -0.4 is 9.47 Å². The van der Waals surface area contributed by atoms with Gasteiger partial charge >= 0.3 is 0 Å². The highest BCUT2D eigenvalue weighted by Gasteiger charge is 2.19. The fraction of sp³-hybridized carbons (Fsp3) is 0.294. The quantitative estimate of drug-likeness (QED) is 0.915. The molecule has 0 fully saturated rings. The molecular formula is C17H17ClO3. The van der Waals surface area contributed by atoms with Gasteiger partial charge in [0.05, 0.1) is 18.2 Å². The van der Waals surface area contributed by atoms with Crippen LogP contribution in [0.1, 0.15) is 29.2 Å². The van der Waals surface area contributed by atoms with Gasteiger partial charge in [-0.05, 0) is 30.2 Å². The summed E-state index contributed by atoms with van der Waals surface area (Å²) < 4.78 is 11.3. The van der Waals surface area contributed by atoms with E-state index >= 15 is 0 Å². The third-order valence-corrected chi connectivity index (χ3v) is 3.81. The molecule has 0 spiro atoms. The summed E-state index contributed by atoms with van der Waals surface area (Å²) in [6.45, 7) is 3.20. The summed E-state index contributed by atoms with van der Waals surface area (Å²) in [6, 6.07) is 11.3. The number of rotatable bonds is 2. The van der Waals surface area contributed by atoms with Crippen molar-refractivity contribution in [1.29, 1.82) is 0 Å². The molecular weight excluding hydrogens is 288 g/mol. The molecule has 1 aliphatic rings. The molecule has 4 heteroatoms. The third kappa shape index (κ3) is 2.99. The minimum atomic E-state index is -0.736. The second kappa shape index (κ2) is 5.96. The highest BCUT2D eigenvalue weighted by atomic mass is 35.5. The lowest BCUT2D eigenvalue weighted by Crippen LogP contribution is -2.01. The molecule has 2 aromatic rings. The molecule has 0 radical (unpaired) electrons. The molecule has 1 atom stereocenters. The van der Waals surface area contributed by atoms with Gasteiger partial charge in [-0.3, -0.25) is 0 Å². The van der Waals surface area contributed by atoms with E-state index in [1.165, 1.54) is 0 Å². The number of hydrogen-bond acceptors (Lipinski definition) is 3. The van der Waals surface area contributed by atoms with Crippen LogP contribution in [0, 0.1) is 6.92 Å². The minimum absolute atomic E-state index is 0.468. The lowest BCUT2D eigenvalue weighted by atomic mass is 10.00. The summed E-state index contributed by atoms with van der Waals surface area (Å²) >= 11 is 6.26. The predicted octanol–water partition coefficient (Wildman–Crippen LogP) is 3.89. The fourth-order valence-electron chi connectivity index (χ4n) is 2.35. The maximum absolute atomic E-state index is 10.5. The maximum Gasteiger partial charge on any atom is 0.179 e. The summed E-state index contributed by atoms with van der Waals surface area (Å²) in [5, 5.41) is 11.0. The van der Waals surface area contributed by atoms with Gasteiger partial charge in [0, 0.05) is 6.42 Å². The molecule has 0 aliphatic carbocycles. The van der Waals surface area contributed by atoms with Crippen molar-refractivity contribution in [3.05, 3.63) is 58.1 Å². The van der Waals surface area contributed by atoms with Crippen molar-refractivity contribution in [2.24, 2.45) is 0 Å². The number of fused-ring (bicyclic) bond motifs is 1. The number of aryl methyl sites for hydroxylation is 1. The van der Waals surface area contributed by atoms with Gasteiger partial charge in [0.25, 0.3) is 0 Å². The Labute approximate surface area is 129 Å². The Hall–Kier alpha value is -1.71. The van der Waals surface area contributed by atoms with E-state index in [-0.39, 0.29) is 0 Å². The van der Waals surface area contributed by atoms with E-state index in [4.69, 9.17) is 21.1 Å². The van der Waals surface area contributed by atoms with Crippen LogP contribution in [-0.2, 0) is 0 Å². The number of aliphatic hydroxyl groups excluding tert-OH is 1. The van der Waals surface area contributed by atoms with E-state index in [9.17, 15) is 5.11 Å². The molecule has 0 aromatic heterocycles. The largest absolute Gasteiger partial charge is 0.489 e. The van der Waals surface area contributed by atoms with Gasteiger partial charge in [-0.25, -0.2) is 0 Å². The Bertz CT molecular complexity index is 637. The van der Waals surface area contributed by atoms with E-state index in [2.05, 4.69) is 0 Å². The molecule has 1 aliphatic heterocycles. The normalized spacial score (nSPS) is 15.4. The van der Waals surface area contributed by atoms with Crippen LogP contribution in [0.25, 0.3) is 0 Å². The summed E-state index contributed by atoms with van der Waals surface area (Å²) in [4.78, 5) is 0. The molecule has 3 nitrogen and oxygen atoms in total. The zero-order chi connectivity index (χ0) is 14.8. The summed E-state index contributed by atoms with van der Waals surface area (Å²) in [5.74, 6) is 1.16. The minimum Gasteiger partial charge on any atom is -0.489 e. The number of ether oxygens (including phenoxy) is 2. The summed E-state index contributed by atoms with van der Waals surface area (Å²) in [6.07, 6.45) is 0.0844. The topological polar surface area (TPSA) is 38.7 Å². The number of benzene rings is 2. The van der Waals surface area contributed by atoms with Crippen LogP contribution in [0.15, 0.2) is 36.4 Å². The smallest absolute Gasteiger partial charge is 0.179 e. The highest BCUT2D eigenvalue weighted by Crippen LogP contribution is 2.40. The van der Waals surface area contributed by atoms with Crippen molar-refractivity contribution >= 4 is 11.6 Å². The second-order valence-corrected chi connectivity index (χ2v) is 5.60. The van der Waals surface area contributed by atoms with Gasteiger partial charge in [0.15, 0.2) is 11.5 Å². The van der Waals surface area contributed by atoms with Crippen molar-refractivity contribution in [2.75, 3.05) is 13.2 Å². The average Bonchev–Trinajstić information content (AvgIpc) is 2.73. The van der Waals surface area contributed by atoms with Crippen molar-refractivity contribution < 1.29 is 14.6 Å². The molecule has 0 amide bonds. The molecule has 0 saturated carbocycles. The number of hydrogen-bond donors (Lipinski definition) is 1. The Morgan fingerprint density at radius 3 is 2.52 bits per heavy atom. The standard InChI is InChI=1S/C17H17ClO3/c1-11-3-5-12(6-4-11)16(19)13-9-14(18)17-15(10-13)20-7-2-8-21-17/h3-6,9-10,16,19H,2,7-8H2,1H3. The average molecular weight is 305 g/mol. The summed E-state index contributed by atoms with van der Waals surface area (Å²) in [5.41, 5.74) is 2.68. The van der Waals surface area contributed by atoms with E-state index in [1.54, 1.807) is 12.1 Å². The third-order valence-electron chi connectivity index (χ3n) is 3.53. The van der Waals surface area contributed by atoms with Crippen molar-refractivity contribution in [3.63, 3.8) is 0 Å². The van der Waals surface area contributed by atoms with Crippen molar-refractivity contribution in [1.82, 2.24) is 0 Å².